The maximum atomic E-state index is 5.32. The average Bonchev–Trinajstić information content (AvgIpc) is 3.35. The first kappa shape index (κ1) is 37.8. The summed E-state index contributed by atoms with van der Waals surface area (Å²) in [5, 5.41) is 8.46. The molecule has 61 heavy (non-hydrogen) atoms. The van der Waals surface area contributed by atoms with Gasteiger partial charge in [0.2, 0.25) is 0 Å². The van der Waals surface area contributed by atoms with Gasteiger partial charge in [0.15, 0.2) is 5.82 Å². The molecule has 4 heteroatoms. The van der Waals surface area contributed by atoms with E-state index in [4.69, 9.17) is 15.0 Å². The molecule has 9 aromatic rings. The number of hydrogen-bond donors (Lipinski definition) is 1. The Morgan fingerprint density at radius 2 is 0.918 bits per heavy atom. The predicted octanol–water partition coefficient (Wildman–Crippen LogP) is 14.0. The Morgan fingerprint density at radius 1 is 0.443 bits per heavy atom. The van der Waals surface area contributed by atoms with E-state index in [-0.39, 0.29) is 11.5 Å². The fraction of sp³-hybridized carbons (Fsp3) is 0.105. The van der Waals surface area contributed by atoms with Crippen LogP contribution in [0.2, 0.25) is 0 Å². The zero-order valence-corrected chi connectivity index (χ0v) is 34.5. The fourth-order valence-corrected chi connectivity index (χ4v) is 8.98. The summed E-state index contributed by atoms with van der Waals surface area (Å²) in [5.74, 6) is 1.60. The molecule has 4 nitrogen and oxygen atoms in total. The van der Waals surface area contributed by atoms with Gasteiger partial charge in [-0.15, -0.1) is 0 Å². The molecule has 0 radical (unpaired) electrons. The van der Waals surface area contributed by atoms with Crippen LogP contribution >= 0.6 is 0 Å². The molecule has 1 N–H and O–H groups in total. The van der Waals surface area contributed by atoms with Crippen LogP contribution in [0, 0.1) is 0 Å². The van der Waals surface area contributed by atoms with Gasteiger partial charge in [0.25, 0.3) is 0 Å². The third-order valence-corrected chi connectivity index (χ3v) is 12.5. The van der Waals surface area contributed by atoms with Crippen molar-refractivity contribution >= 4 is 33.1 Å². The van der Waals surface area contributed by atoms with Crippen LogP contribution in [-0.4, -0.2) is 15.8 Å². The van der Waals surface area contributed by atoms with Crippen molar-refractivity contribution in [3.63, 3.8) is 0 Å². The van der Waals surface area contributed by atoms with Crippen molar-refractivity contribution in [2.24, 2.45) is 4.99 Å². The molecule has 294 valence electrons. The summed E-state index contributed by atoms with van der Waals surface area (Å²) in [6.45, 7) is 4.61. The maximum Gasteiger partial charge on any atom is 0.160 e. The minimum absolute atomic E-state index is 0.142. The van der Waals surface area contributed by atoms with E-state index in [0.29, 0.717) is 0 Å². The van der Waals surface area contributed by atoms with Crippen LogP contribution in [-0.2, 0) is 5.41 Å². The van der Waals surface area contributed by atoms with Gasteiger partial charge < -0.3 is 5.32 Å². The van der Waals surface area contributed by atoms with Crippen molar-refractivity contribution in [3.05, 3.63) is 234 Å². The second kappa shape index (κ2) is 16.3. The Bertz CT molecular complexity index is 3050. The molecular formula is C57H46N4. The minimum atomic E-state index is -0.160. The average molecular weight is 787 g/mol. The first-order valence-electron chi connectivity index (χ1n) is 21.3. The summed E-state index contributed by atoms with van der Waals surface area (Å²) in [7, 11) is 0. The van der Waals surface area contributed by atoms with Crippen molar-refractivity contribution in [2.45, 2.75) is 38.1 Å². The van der Waals surface area contributed by atoms with Crippen LogP contribution in [0.4, 0.5) is 0 Å². The van der Waals surface area contributed by atoms with E-state index in [9.17, 15) is 0 Å². The van der Waals surface area contributed by atoms with Gasteiger partial charge in [0, 0.05) is 33.4 Å². The highest BCUT2D eigenvalue weighted by atomic mass is 15.0. The number of aliphatic imine (C=N–C) groups is 1. The number of aromatic nitrogens is 2. The van der Waals surface area contributed by atoms with Gasteiger partial charge in [-0.2, -0.15) is 0 Å². The highest BCUT2D eigenvalue weighted by Gasteiger charge is 2.31. The molecule has 0 bridgehead atoms. The topological polar surface area (TPSA) is 50.2 Å². The Kier molecular flexibility index (Phi) is 10.1. The van der Waals surface area contributed by atoms with Crippen LogP contribution < -0.4 is 5.32 Å². The first-order valence-corrected chi connectivity index (χ1v) is 21.3. The van der Waals surface area contributed by atoms with E-state index < -0.39 is 0 Å². The molecule has 1 aliphatic rings. The van der Waals surface area contributed by atoms with Crippen molar-refractivity contribution in [3.8, 4) is 33.9 Å². The number of nitrogens with zero attached hydrogens (tertiary/aromatic N) is 3. The largest absolute Gasteiger partial charge is 0.340 e. The highest BCUT2D eigenvalue weighted by molar-refractivity contribution is 6.07. The molecule has 0 aliphatic carbocycles. The van der Waals surface area contributed by atoms with E-state index in [1.54, 1.807) is 0 Å². The maximum absolute atomic E-state index is 5.32. The predicted molar refractivity (Wildman–Crippen MR) is 254 cm³/mol. The van der Waals surface area contributed by atoms with Crippen molar-refractivity contribution in [1.82, 2.24) is 15.3 Å². The summed E-state index contributed by atoms with van der Waals surface area (Å²) in [5.41, 5.74) is 11.8. The van der Waals surface area contributed by atoms with E-state index in [1.807, 2.05) is 6.07 Å². The SMILES string of the molecule is CCC(CC)(c1ccc(-c2cc(-c3ccccc3)nc(-c3ccc4ccccc4c3)n2)cc1)c1ccc(C2C=C(c3ccccc3)NC(c3ccc4ccccc4c3)=N2)cc1. The van der Waals surface area contributed by atoms with Crippen LogP contribution in [0.5, 0.6) is 0 Å². The normalized spacial score (nSPS) is 14.0. The first-order chi connectivity index (χ1) is 30.1. The lowest BCUT2D eigenvalue weighted by Crippen LogP contribution is -2.28. The molecule has 0 fully saturated rings. The van der Waals surface area contributed by atoms with Gasteiger partial charge in [-0.3, -0.25) is 4.99 Å². The van der Waals surface area contributed by atoms with Gasteiger partial charge >= 0.3 is 0 Å². The van der Waals surface area contributed by atoms with Crippen LogP contribution in [0.25, 0.3) is 61.1 Å². The molecule has 0 saturated heterocycles. The molecule has 10 rings (SSSR count). The number of amidine groups is 1. The highest BCUT2D eigenvalue weighted by Crippen LogP contribution is 2.41. The van der Waals surface area contributed by atoms with Crippen LogP contribution in [0.15, 0.2) is 211 Å². The van der Waals surface area contributed by atoms with E-state index in [2.05, 4.69) is 219 Å². The van der Waals surface area contributed by atoms with Gasteiger partial charge in [-0.25, -0.2) is 9.97 Å². The van der Waals surface area contributed by atoms with E-state index in [1.165, 1.54) is 32.7 Å². The van der Waals surface area contributed by atoms with Gasteiger partial charge in [0.05, 0.1) is 17.4 Å². The molecule has 1 aliphatic heterocycles. The molecular weight excluding hydrogens is 741 g/mol. The molecule has 0 saturated carbocycles. The quantitative estimate of drug-likeness (QED) is 0.150. The second-order valence-electron chi connectivity index (χ2n) is 15.9. The van der Waals surface area contributed by atoms with Crippen molar-refractivity contribution < 1.29 is 0 Å². The van der Waals surface area contributed by atoms with Crippen molar-refractivity contribution in [1.29, 1.82) is 0 Å². The minimum Gasteiger partial charge on any atom is -0.340 e. The van der Waals surface area contributed by atoms with Crippen LogP contribution in [0.3, 0.4) is 0 Å². The molecule has 2 heterocycles. The van der Waals surface area contributed by atoms with E-state index in [0.717, 1.165) is 75.0 Å². The van der Waals surface area contributed by atoms with Gasteiger partial charge in [-0.05, 0) is 80.9 Å². The Morgan fingerprint density at radius 3 is 1.51 bits per heavy atom. The zero-order valence-electron chi connectivity index (χ0n) is 34.5. The number of benzene rings is 8. The van der Waals surface area contributed by atoms with Gasteiger partial charge in [0.1, 0.15) is 5.84 Å². The van der Waals surface area contributed by atoms with Crippen LogP contribution in [0.1, 0.15) is 60.5 Å². The molecule has 1 unspecified atom stereocenters. The lowest BCUT2D eigenvalue weighted by molar-refractivity contribution is 0.478. The smallest absolute Gasteiger partial charge is 0.160 e. The summed E-state index contributed by atoms with van der Waals surface area (Å²) < 4.78 is 0. The number of fused-ring (bicyclic) bond motifs is 2. The molecule has 0 amide bonds. The standard InChI is InChI=1S/C57H46N4/c1-3-57(4-2,49-31-27-43(28-32-49)53-37-51(41-17-7-5-8-18-41)58-55(60-53)47-25-23-39-15-11-13-21-45(39)35-47)50-33-29-44(30-34-50)54-38-52(42-19-9-6-10-20-42)59-56(61-54)48-26-24-40-16-12-14-22-46(40)36-48/h5-38,53H,3-4H2,1-2H3,(H,58,60). The molecule has 1 aromatic heterocycles. The monoisotopic (exact) mass is 786 g/mol. The number of rotatable bonds is 10. The summed E-state index contributed by atoms with van der Waals surface area (Å²) in [4.78, 5) is 15.6. The Balaban J connectivity index is 0.982. The molecule has 1 atom stereocenters. The summed E-state index contributed by atoms with van der Waals surface area (Å²) >= 11 is 0. The van der Waals surface area contributed by atoms with Gasteiger partial charge in [-0.1, -0.05) is 196 Å². The lowest BCUT2D eigenvalue weighted by atomic mass is 9.70. The lowest BCUT2D eigenvalue weighted by Gasteiger charge is -2.34. The van der Waals surface area contributed by atoms with Crippen molar-refractivity contribution in [2.75, 3.05) is 0 Å². The third kappa shape index (κ3) is 7.42. The number of hydrogen-bond acceptors (Lipinski definition) is 4. The molecule has 8 aromatic carbocycles. The zero-order chi connectivity index (χ0) is 41.2. The summed E-state index contributed by atoms with van der Waals surface area (Å²) in [6, 6.07) is 71.1. The third-order valence-electron chi connectivity index (χ3n) is 12.5. The Hall–Kier alpha value is -7.43. The second-order valence-corrected chi connectivity index (χ2v) is 15.9. The van der Waals surface area contributed by atoms with E-state index >= 15 is 0 Å². The summed E-state index contributed by atoms with van der Waals surface area (Å²) in [6.07, 6.45) is 4.19. The molecule has 0 spiro atoms. The Labute approximate surface area is 358 Å². The number of nitrogens with one attached hydrogen (secondary N) is 1. The fourth-order valence-electron chi connectivity index (χ4n) is 8.98.